The van der Waals surface area contributed by atoms with E-state index in [9.17, 15) is 9.90 Å². The Labute approximate surface area is 82.6 Å². The van der Waals surface area contributed by atoms with Crippen molar-refractivity contribution in [2.45, 2.75) is 12.5 Å². The van der Waals surface area contributed by atoms with Gasteiger partial charge in [-0.15, -0.1) is 0 Å². The van der Waals surface area contributed by atoms with Gasteiger partial charge in [-0.2, -0.15) is 0 Å². The van der Waals surface area contributed by atoms with E-state index in [1.807, 2.05) is 0 Å². The van der Waals surface area contributed by atoms with Crippen molar-refractivity contribution in [2.24, 2.45) is 0 Å². The van der Waals surface area contributed by atoms with Crippen molar-refractivity contribution >= 4 is 5.97 Å². The molecule has 0 saturated carbocycles. The molecule has 1 aromatic carbocycles. The SMILES string of the molecule is C=COC(=O)C(C)(O)c1ccccc1. The zero-order valence-electron chi connectivity index (χ0n) is 7.93. The highest BCUT2D eigenvalue weighted by Gasteiger charge is 2.33. The van der Waals surface area contributed by atoms with E-state index in [2.05, 4.69) is 11.3 Å². The molecule has 14 heavy (non-hydrogen) atoms. The first kappa shape index (κ1) is 10.5. The van der Waals surface area contributed by atoms with E-state index in [4.69, 9.17) is 0 Å². The summed E-state index contributed by atoms with van der Waals surface area (Å²) in [5.74, 6) is -0.737. The van der Waals surface area contributed by atoms with Gasteiger partial charge in [0.1, 0.15) is 0 Å². The van der Waals surface area contributed by atoms with Gasteiger partial charge >= 0.3 is 5.97 Å². The van der Waals surface area contributed by atoms with E-state index in [0.717, 1.165) is 6.26 Å². The van der Waals surface area contributed by atoms with Crippen LogP contribution in [-0.4, -0.2) is 11.1 Å². The number of rotatable bonds is 3. The average Bonchev–Trinajstić information content (AvgIpc) is 2.19. The second-order valence-corrected chi connectivity index (χ2v) is 3.01. The minimum atomic E-state index is -1.63. The third-order valence-corrected chi connectivity index (χ3v) is 1.92. The molecule has 0 aliphatic rings. The number of benzene rings is 1. The van der Waals surface area contributed by atoms with Crippen LogP contribution < -0.4 is 0 Å². The summed E-state index contributed by atoms with van der Waals surface area (Å²) in [5.41, 5.74) is -1.14. The van der Waals surface area contributed by atoms with Crippen LogP contribution in [0, 0.1) is 0 Å². The minimum absolute atomic E-state index is 0.492. The predicted octanol–water partition coefficient (Wildman–Crippen LogP) is 1.58. The van der Waals surface area contributed by atoms with Gasteiger partial charge in [-0.1, -0.05) is 36.9 Å². The lowest BCUT2D eigenvalue weighted by atomic mass is 9.96. The van der Waals surface area contributed by atoms with Crippen LogP contribution in [0.1, 0.15) is 12.5 Å². The lowest BCUT2D eigenvalue weighted by Crippen LogP contribution is -2.32. The van der Waals surface area contributed by atoms with Crippen LogP contribution in [0.15, 0.2) is 43.2 Å². The Morgan fingerprint density at radius 1 is 1.50 bits per heavy atom. The average molecular weight is 192 g/mol. The van der Waals surface area contributed by atoms with Gasteiger partial charge in [0.15, 0.2) is 5.60 Å². The molecule has 0 saturated heterocycles. The third kappa shape index (κ3) is 2.00. The Morgan fingerprint density at radius 3 is 2.57 bits per heavy atom. The molecule has 0 amide bonds. The van der Waals surface area contributed by atoms with Crippen molar-refractivity contribution in [2.75, 3.05) is 0 Å². The maximum absolute atomic E-state index is 11.3. The number of hydrogen-bond donors (Lipinski definition) is 1. The van der Waals surface area contributed by atoms with Gasteiger partial charge < -0.3 is 9.84 Å². The summed E-state index contributed by atoms with van der Waals surface area (Å²) in [6, 6.07) is 8.60. The Hall–Kier alpha value is -1.61. The highest BCUT2D eigenvalue weighted by Crippen LogP contribution is 2.21. The molecule has 0 aliphatic heterocycles. The normalized spacial score (nSPS) is 14.1. The summed E-state index contributed by atoms with van der Waals surface area (Å²) < 4.78 is 4.54. The molecule has 1 atom stereocenters. The molecular formula is C11H12O3. The summed E-state index contributed by atoms with van der Waals surface area (Å²) in [7, 11) is 0. The summed E-state index contributed by atoms with van der Waals surface area (Å²) >= 11 is 0. The van der Waals surface area contributed by atoms with Crippen LogP contribution >= 0.6 is 0 Å². The van der Waals surface area contributed by atoms with Crippen LogP contribution in [-0.2, 0) is 15.1 Å². The molecule has 0 heterocycles. The topological polar surface area (TPSA) is 46.5 Å². The van der Waals surface area contributed by atoms with Gasteiger partial charge in [-0.05, 0) is 12.5 Å². The molecule has 1 N–H and O–H groups in total. The smallest absolute Gasteiger partial charge is 0.347 e. The van der Waals surface area contributed by atoms with Crippen molar-refractivity contribution in [3.05, 3.63) is 48.7 Å². The fourth-order valence-corrected chi connectivity index (χ4v) is 1.07. The molecule has 3 heteroatoms. The molecule has 0 spiro atoms. The second-order valence-electron chi connectivity index (χ2n) is 3.01. The summed E-state index contributed by atoms with van der Waals surface area (Å²) in [6.07, 6.45) is 1.000. The zero-order chi connectivity index (χ0) is 10.6. The molecule has 1 aromatic rings. The summed E-state index contributed by atoms with van der Waals surface area (Å²) in [6.45, 7) is 4.64. The van der Waals surface area contributed by atoms with E-state index in [-0.39, 0.29) is 0 Å². The molecule has 0 bridgehead atoms. The van der Waals surface area contributed by atoms with Crippen LogP contribution in [0.5, 0.6) is 0 Å². The van der Waals surface area contributed by atoms with Gasteiger partial charge in [-0.25, -0.2) is 4.79 Å². The molecule has 3 nitrogen and oxygen atoms in total. The van der Waals surface area contributed by atoms with Crippen LogP contribution in [0.2, 0.25) is 0 Å². The number of carbonyl (C=O) groups is 1. The van der Waals surface area contributed by atoms with Crippen molar-refractivity contribution in [1.29, 1.82) is 0 Å². The van der Waals surface area contributed by atoms with E-state index < -0.39 is 11.6 Å². The zero-order valence-corrected chi connectivity index (χ0v) is 7.93. The van der Waals surface area contributed by atoms with Crippen molar-refractivity contribution in [3.63, 3.8) is 0 Å². The fourth-order valence-electron chi connectivity index (χ4n) is 1.07. The number of esters is 1. The largest absolute Gasteiger partial charge is 0.433 e. The maximum Gasteiger partial charge on any atom is 0.347 e. The number of ether oxygens (including phenoxy) is 1. The summed E-state index contributed by atoms with van der Waals surface area (Å²) in [5, 5.41) is 9.86. The van der Waals surface area contributed by atoms with E-state index >= 15 is 0 Å². The Balaban J connectivity index is 2.95. The monoisotopic (exact) mass is 192 g/mol. The molecule has 0 radical (unpaired) electrons. The third-order valence-electron chi connectivity index (χ3n) is 1.92. The molecule has 74 valence electrons. The van der Waals surface area contributed by atoms with Crippen LogP contribution in [0.4, 0.5) is 0 Å². The molecule has 1 unspecified atom stereocenters. The molecule has 0 aromatic heterocycles. The van der Waals surface area contributed by atoms with Gasteiger partial charge in [-0.3, -0.25) is 0 Å². The quantitative estimate of drug-likeness (QED) is 0.584. The lowest BCUT2D eigenvalue weighted by molar-refractivity contribution is -0.158. The second kappa shape index (κ2) is 4.07. The Bertz CT molecular complexity index is 328. The highest BCUT2D eigenvalue weighted by atomic mass is 16.5. The first-order chi connectivity index (χ1) is 6.59. The van der Waals surface area contributed by atoms with Crippen molar-refractivity contribution < 1.29 is 14.6 Å². The fraction of sp³-hybridized carbons (Fsp3) is 0.182. The van der Waals surface area contributed by atoms with Gasteiger partial charge in [0.2, 0.25) is 0 Å². The van der Waals surface area contributed by atoms with Crippen LogP contribution in [0.3, 0.4) is 0 Å². The Morgan fingerprint density at radius 2 is 2.07 bits per heavy atom. The lowest BCUT2D eigenvalue weighted by Gasteiger charge is -2.20. The van der Waals surface area contributed by atoms with E-state index in [1.165, 1.54) is 6.92 Å². The molecular weight excluding hydrogens is 180 g/mol. The number of aliphatic hydroxyl groups is 1. The number of carbonyl (C=O) groups excluding carboxylic acids is 1. The summed E-state index contributed by atoms with van der Waals surface area (Å²) in [4.78, 5) is 11.3. The first-order valence-corrected chi connectivity index (χ1v) is 4.19. The van der Waals surface area contributed by atoms with Gasteiger partial charge in [0, 0.05) is 0 Å². The molecule has 1 rings (SSSR count). The molecule has 0 aliphatic carbocycles. The maximum atomic E-state index is 11.3. The predicted molar refractivity (Wildman–Crippen MR) is 52.3 cm³/mol. The first-order valence-electron chi connectivity index (χ1n) is 4.19. The van der Waals surface area contributed by atoms with E-state index in [0.29, 0.717) is 5.56 Å². The van der Waals surface area contributed by atoms with Gasteiger partial charge in [0.25, 0.3) is 0 Å². The van der Waals surface area contributed by atoms with Crippen molar-refractivity contribution in [1.82, 2.24) is 0 Å². The highest BCUT2D eigenvalue weighted by molar-refractivity contribution is 5.80. The van der Waals surface area contributed by atoms with E-state index in [1.54, 1.807) is 30.3 Å². The Kier molecular flexibility index (Phi) is 3.04. The molecule has 0 fully saturated rings. The minimum Gasteiger partial charge on any atom is -0.433 e. The standard InChI is InChI=1S/C11H12O3/c1-3-14-10(12)11(2,13)9-7-5-4-6-8-9/h3-8,13H,1H2,2H3. The van der Waals surface area contributed by atoms with Gasteiger partial charge in [0.05, 0.1) is 6.26 Å². The number of hydrogen-bond acceptors (Lipinski definition) is 3. The van der Waals surface area contributed by atoms with Crippen LogP contribution in [0.25, 0.3) is 0 Å². The van der Waals surface area contributed by atoms with Crippen molar-refractivity contribution in [3.8, 4) is 0 Å².